The Morgan fingerprint density at radius 3 is 2.87 bits per heavy atom. The lowest BCUT2D eigenvalue weighted by molar-refractivity contribution is -0.667. The molecule has 1 heterocycles. The Balaban J connectivity index is 2.70. The second kappa shape index (κ2) is 4.29. The van der Waals surface area contributed by atoms with E-state index in [1.54, 1.807) is 0 Å². The maximum absolute atomic E-state index is 8.89. The zero-order chi connectivity index (χ0) is 10.7. The second-order valence-electron chi connectivity index (χ2n) is 3.28. The third-order valence-electron chi connectivity index (χ3n) is 2.31. The van der Waals surface area contributed by atoms with E-state index in [0.717, 1.165) is 17.4 Å². The summed E-state index contributed by atoms with van der Waals surface area (Å²) in [5.74, 6) is 0.545. The fourth-order valence-corrected chi connectivity index (χ4v) is 1.83. The van der Waals surface area contributed by atoms with Gasteiger partial charge < -0.3 is 0 Å². The summed E-state index contributed by atoms with van der Waals surface area (Å²) in [5.41, 5.74) is 1.77. The number of hydrogen-bond acceptors (Lipinski definition) is 1. The summed E-state index contributed by atoms with van der Waals surface area (Å²) < 4.78 is 2.01. The van der Waals surface area contributed by atoms with Gasteiger partial charge in [-0.3, -0.25) is 0 Å². The van der Waals surface area contributed by atoms with Crippen molar-refractivity contribution in [3.8, 4) is 6.07 Å². The number of rotatable bonds is 2. The van der Waals surface area contributed by atoms with Crippen molar-refractivity contribution in [1.82, 2.24) is 0 Å². The Morgan fingerprint density at radius 2 is 2.13 bits per heavy atom. The predicted molar refractivity (Wildman–Crippen MR) is 59.6 cm³/mol. The number of aromatic nitrogens is 1. The van der Waals surface area contributed by atoms with Crippen LogP contribution in [0, 0.1) is 11.3 Å². The molecule has 0 N–H and O–H groups in total. The molecule has 1 aromatic carbocycles. The third kappa shape index (κ3) is 1.93. The number of para-hydroxylation sites is 1. The van der Waals surface area contributed by atoms with Gasteiger partial charge in [0.05, 0.1) is 5.88 Å². The minimum atomic E-state index is 0.545. The Morgan fingerprint density at radius 1 is 1.33 bits per heavy atom. The van der Waals surface area contributed by atoms with E-state index in [9.17, 15) is 0 Å². The molecule has 0 spiro atoms. The van der Waals surface area contributed by atoms with Crippen LogP contribution in [0.4, 0.5) is 0 Å². The summed E-state index contributed by atoms with van der Waals surface area (Å²) in [6, 6.07) is 12.0. The summed E-state index contributed by atoms with van der Waals surface area (Å²) in [7, 11) is 0. The van der Waals surface area contributed by atoms with Crippen molar-refractivity contribution >= 4 is 22.5 Å². The smallest absolute Gasteiger partial charge is 0.196 e. The van der Waals surface area contributed by atoms with E-state index in [2.05, 4.69) is 6.07 Å². The number of halogens is 1. The first-order chi connectivity index (χ1) is 7.35. The Labute approximate surface area is 93.3 Å². The molecule has 74 valence electrons. The summed E-state index contributed by atoms with van der Waals surface area (Å²) in [5, 5.41) is 9.96. The zero-order valence-corrected chi connectivity index (χ0v) is 8.91. The maximum Gasteiger partial charge on any atom is 0.212 e. The van der Waals surface area contributed by atoms with Crippen LogP contribution < -0.4 is 4.57 Å². The van der Waals surface area contributed by atoms with Gasteiger partial charge in [-0.1, -0.05) is 12.1 Å². The fourth-order valence-electron chi connectivity index (χ4n) is 1.65. The summed E-state index contributed by atoms with van der Waals surface area (Å²) >= 11 is 5.73. The lowest BCUT2D eigenvalue weighted by Crippen LogP contribution is -2.35. The zero-order valence-electron chi connectivity index (χ0n) is 8.15. The van der Waals surface area contributed by atoms with Gasteiger partial charge in [-0.25, -0.2) is 0 Å². The Bertz CT molecular complexity index is 529. The number of pyridine rings is 1. The second-order valence-corrected chi connectivity index (χ2v) is 3.66. The van der Waals surface area contributed by atoms with E-state index in [-0.39, 0.29) is 0 Å². The summed E-state index contributed by atoms with van der Waals surface area (Å²) in [6.07, 6.45) is 1.84. The number of benzene rings is 1. The van der Waals surface area contributed by atoms with Crippen LogP contribution in [-0.2, 0) is 6.54 Å². The molecule has 2 aromatic rings. The normalized spacial score (nSPS) is 10.1. The van der Waals surface area contributed by atoms with Crippen LogP contribution in [0.15, 0.2) is 36.5 Å². The van der Waals surface area contributed by atoms with Gasteiger partial charge in [-0.15, -0.1) is 11.6 Å². The van der Waals surface area contributed by atoms with Crippen LogP contribution >= 0.6 is 11.6 Å². The highest BCUT2D eigenvalue weighted by atomic mass is 35.5. The van der Waals surface area contributed by atoms with Crippen LogP contribution in [0.2, 0.25) is 0 Å². The van der Waals surface area contributed by atoms with E-state index >= 15 is 0 Å². The molecule has 0 amide bonds. The molecule has 0 radical (unpaired) electrons. The topological polar surface area (TPSA) is 27.7 Å². The van der Waals surface area contributed by atoms with Gasteiger partial charge in [0, 0.05) is 11.5 Å². The maximum atomic E-state index is 8.89. The van der Waals surface area contributed by atoms with Crippen molar-refractivity contribution in [2.45, 2.75) is 6.54 Å². The van der Waals surface area contributed by atoms with Gasteiger partial charge >= 0.3 is 0 Å². The highest BCUT2D eigenvalue weighted by Gasteiger charge is 2.09. The van der Waals surface area contributed by atoms with Crippen LogP contribution in [0.1, 0.15) is 5.56 Å². The van der Waals surface area contributed by atoms with Gasteiger partial charge in [0.1, 0.15) is 11.6 Å². The average Bonchev–Trinajstić information content (AvgIpc) is 2.29. The lowest BCUT2D eigenvalue weighted by atomic mass is 10.1. The van der Waals surface area contributed by atoms with Gasteiger partial charge in [0.2, 0.25) is 5.52 Å². The predicted octanol–water partition coefficient (Wildman–Crippen LogP) is 2.24. The largest absolute Gasteiger partial charge is 0.212 e. The molecule has 0 unspecified atom stereocenters. The third-order valence-corrected chi connectivity index (χ3v) is 2.48. The highest BCUT2D eigenvalue weighted by Crippen LogP contribution is 2.10. The van der Waals surface area contributed by atoms with E-state index in [1.165, 1.54) is 0 Å². The number of nitrogens with zero attached hydrogens (tertiary/aromatic N) is 2. The first-order valence-electron chi connectivity index (χ1n) is 4.73. The number of hydrogen-bond donors (Lipinski definition) is 0. The molecule has 0 bridgehead atoms. The SMILES string of the molecule is N#Cc1cc2ccccc2[n+](CCCl)c1. The molecule has 15 heavy (non-hydrogen) atoms. The monoisotopic (exact) mass is 217 g/mol. The Kier molecular flexibility index (Phi) is 2.84. The summed E-state index contributed by atoms with van der Waals surface area (Å²) in [4.78, 5) is 0. The number of alkyl halides is 1. The minimum absolute atomic E-state index is 0.545. The molecule has 0 aliphatic rings. The molecule has 2 nitrogen and oxygen atoms in total. The van der Waals surface area contributed by atoms with E-state index in [1.807, 2.05) is 41.1 Å². The standard InChI is InChI=1S/C12H10ClN2/c13-5-6-15-9-10(8-14)7-11-3-1-2-4-12(11)15/h1-4,7,9H,5-6H2/q+1. The molecule has 2 rings (SSSR count). The number of aryl methyl sites for hydroxylation is 1. The first-order valence-corrected chi connectivity index (χ1v) is 5.27. The summed E-state index contributed by atoms with van der Waals surface area (Å²) in [6.45, 7) is 0.720. The molecule has 0 saturated heterocycles. The van der Waals surface area contributed by atoms with E-state index < -0.39 is 0 Å². The molecule has 1 aromatic heterocycles. The van der Waals surface area contributed by atoms with Gasteiger partial charge in [0.25, 0.3) is 0 Å². The van der Waals surface area contributed by atoms with E-state index in [0.29, 0.717) is 11.4 Å². The molecular formula is C12H10ClN2+. The number of nitriles is 1. The molecular weight excluding hydrogens is 208 g/mol. The van der Waals surface area contributed by atoms with Crippen LogP contribution in [0.25, 0.3) is 10.9 Å². The molecule has 0 fully saturated rings. The Hall–Kier alpha value is -1.59. The number of fused-ring (bicyclic) bond motifs is 1. The van der Waals surface area contributed by atoms with Crippen molar-refractivity contribution in [1.29, 1.82) is 5.26 Å². The molecule has 0 aliphatic carbocycles. The fraction of sp³-hybridized carbons (Fsp3) is 0.167. The van der Waals surface area contributed by atoms with Gasteiger partial charge in [-0.2, -0.15) is 9.83 Å². The van der Waals surface area contributed by atoms with Crippen molar-refractivity contribution in [3.05, 3.63) is 42.1 Å². The van der Waals surface area contributed by atoms with Gasteiger partial charge in [0.15, 0.2) is 12.7 Å². The molecule has 3 heteroatoms. The van der Waals surface area contributed by atoms with Gasteiger partial charge in [-0.05, 0) is 12.1 Å². The molecule has 0 saturated carbocycles. The van der Waals surface area contributed by atoms with Crippen molar-refractivity contribution < 1.29 is 4.57 Å². The highest BCUT2D eigenvalue weighted by molar-refractivity contribution is 6.17. The van der Waals surface area contributed by atoms with Crippen LogP contribution in [0.3, 0.4) is 0 Å². The van der Waals surface area contributed by atoms with Crippen molar-refractivity contribution in [3.63, 3.8) is 0 Å². The molecule has 0 aliphatic heterocycles. The van der Waals surface area contributed by atoms with Crippen molar-refractivity contribution in [2.75, 3.05) is 5.88 Å². The average molecular weight is 218 g/mol. The van der Waals surface area contributed by atoms with Crippen LogP contribution in [-0.4, -0.2) is 5.88 Å². The quantitative estimate of drug-likeness (QED) is 0.560. The van der Waals surface area contributed by atoms with E-state index in [4.69, 9.17) is 16.9 Å². The van der Waals surface area contributed by atoms with Crippen LogP contribution in [0.5, 0.6) is 0 Å². The minimum Gasteiger partial charge on any atom is -0.196 e. The molecule has 0 atom stereocenters. The van der Waals surface area contributed by atoms with Crippen molar-refractivity contribution in [2.24, 2.45) is 0 Å². The lowest BCUT2D eigenvalue weighted by Gasteiger charge is -1.99. The first kappa shape index (κ1) is 9.95.